The zero-order valence-electron chi connectivity index (χ0n) is 11.4. The van der Waals surface area contributed by atoms with Crippen LogP contribution in [0.5, 0.6) is 0 Å². The zero-order chi connectivity index (χ0) is 14.9. The summed E-state index contributed by atoms with van der Waals surface area (Å²) in [6, 6.07) is 6.27. The van der Waals surface area contributed by atoms with Gasteiger partial charge in [0.25, 0.3) is 5.89 Å². The third-order valence-corrected chi connectivity index (χ3v) is 4.33. The Balaban J connectivity index is 1.82. The molecule has 112 valence electrons. The quantitative estimate of drug-likeness (QED) is 0.896. The van der Waals surface area contributed by atoms with E-state index in [1.54, 1.807) is 12.1 Å². The summed E-state index contributed by atoms with van der Waals surface area (Å²) >= 11 is 0. The maximum absolute atomic E-state index is 11.4. The lowest BCUT2D eigenvalue weighted by molar-refractivity contribution is 0.0734. The smallest absolute Gasteiger partial charge is 0.257 e. The molecule has 0 saturated carbocycles. The summed E-state index contributed by atoms with van der Waals surface area (Å²) < 4.78 is 33.4. The van der Waals surface area contributed by atoms with Crippen molar-refractivity contribution in [2.45, 2.75) is 10.9 Å². The zero-order valence-corrected chi connectivity index (χ0v) is 12.3. The van der Waals surface area contributed by atoms with Crippen molar-refractivity contribution in [2.24, 2.45) is 0 Å². The number of sulfone groups is 1. The standard InChI is InChI=1S/C13H15N3O4S/c1-21(17,18)10-4-2-9(3-5-10)13-15-12(16-20-13)11-8-19-7-6-14-11/h2-5,11,14H,6-8H2,1H3. The highest BCUT2D eigenvalue weighted by Gasteiger charge is 2.21. The van der Waals surface area contributed by atoms with Crippen LogP contribution >= 0.6 is 0 Å². The largest absolute Gasteiger partial charge is 0.378 e. The van der Waals surface area contributed by atoms with E-state index in [4.69, 9.17) is 9.26 Å². The Morgan fingerprint density at radius 1 is 1.29 bits per heavy atom. The average Bonchev–Trinajstić information content (AvgIpc) is 2.97. The van der Waals surface area contributed by atoms with E-state index < -0.39 is 9.84 Å². The fourth-order valence-corrected chi connectivity index (χ4v) is 2.70. The summed E-state index contributed by atoms with van der Waals surface area (Å²) in [7, 11) is -3.21. The van der Waals surface area contributed by atoms with Gasteiger partial charge in [-0.25, -0.2) is 8.42 Å². The van der Waals surface area contributed by atoms with Crippen molar-refractivity contribution in [1.29, 1.82) is 0 Å². The number of rotatable bonds is 3. The number of ether oxygens (including phenoxy) is 1. The van der Waals surface area contributed by atoms with Gasteiger partial charge in [0.15, 0.2) is 15.7 Å². The van der Waals surface area contributed by atoms with Gasteiger partial charge in [0.1, 0.15) is 0 Å². The molecule has 8 heteroatoms. The molecular weight excluding hydrogens is 294 g/mol. The summed E-state index contributed by atoms with van der Waals surface area (Å²) in [6.45, 7) is 1.93. The Hall–Kier alpha value is -1.77. The molecule has 3 rings (SSSR count). The van der Waals surface area contributed by atoms with Crippen LogP contribution in [0.25, 0.3) is 11.5 Å². The SMILES string of the molecule is CS(=O)(=O)c1ccc(-c2nc(C3COCCN3)no2)cc1. The molecule has 21 heavy (non-hydrogen) atoms. The van der Waals surface area contributed by atoms with Gasteiger partial charge in [-0.1, -0.05) is 5.16 Å². The molecule has 7 nitrogen and oxygen atoms in total. The van der Waals surface area contributed by atoms with Gasteiger partial charge < -0.3 is 14.6 Å². The maximum Gasteiger partial charge on any atom is 0.257 e. The second-order valence-electron chi connectivity index (χ2n) is 4.84. The lowest BCUT2D eigenvalue weighted by Crippen LogP contribution is -2.35. The van der Waals surface area contributed by atoms with Gasteiger partial charge in [0, 0.05) is 18.4 Å². The summed E-state index contributed by atoms with van der Waals surface area (Å²) in [5.74, 6) is 0.898. The third-order valence-electron chi connectivity index (χ3n) is 3.20. The van der Waals surface area contributed by atoms with Gasteiger partial charge in [0.05, 0.1) is 24.2 Å². The molecule has 0 amide bonds. The first-order valence-electron chi connectivity index (χ1n) is 6.49. The molecule has 1 aromatic heterocycles. The highest BCUT2D eigenvalue weighted by molar-refractivity contribution is 7.90. The van der Waals surface area contributed by atoms with Gasteiger partial charge in [0.2, 0.25) is 0 Å². The number of morpholine rings is 1. The molecule has 0 aliphatic carbocycles. The third kappa shape index (κ3) is 3.12. The van der Waals surface area contributed by atoms with Crippen LogP contribution in [-0.4, -0.2) is 44.6 Å². The molecule has 0 spiro atoms. The van der Waals surface area contributed by atoms with Crippen molar-refractivity contribution in [1.82, 2.24) is 15.5 Å². The number of hydrogen-bond acceptors (Lipinski definition) is 7. The fraction of sp³-hybridized carbons (Fsp3) is 0.385. The Morgan fingerprint density at radius 3 is 2.67 bits per heavy atom. The Morgan fingerprint density at radius 2 is 2.05 bits per heavy atom. The molecule has 1 saturated heterocycles. The molecule has 2 aromatic rings. The monoisotopic (exact) mass is 309 g/mol. The highest BCUT2D eigenvalue weighted by Crippen LogP contribution is 2.22. The van der Waals surface area contributed by atoms with E-state index in [1.165, 1.54) is 18.4 Å². The number of nitrogens with one attached hydrogen (secondary N) is 1. The van der Waals surface area contributed by atoms with Crippen LogP contribution in [0, 0.1) is 0 Å². The summed E-state index contributed by atoms with van der Waals surface area (Å²) in [5.41, 5.74) is 0.679. The van der Waals surface area contributed by atoms with E-state index in [9.17, 15) is 8.42 Å². The van der Waals surface area contributed by atoms with Gasteiger partial charge in [-0.15, -0.1) is 0 Å². The number of nitrogens with zero attached hydrogens (tertiary/aromatic N) is 2. The summed E-state index contributed by atoms with van der Waals surface area (Å²) in [5, 5.41) is 7.18. The van der Waals surface area contributed by atoms with Crippen LogP contribution in [0.1, 0.15) is 11.9 Å². The van der Waals surface area contributed by atoms with Crippen molar-refractivity contribution in [2.75, 3.05) is 26.0 Å². The first-order chi connectivity index (χ1) is 10.0. The number of hydrogen-bond donors (Lipinski definition) is 1. The molecule has 1 aliphatic rings. The lowest BCUT2D eigenvalue weighted by Gasteiger charge is -2.20. The Kier molecular flexibility index (Phi) is 3.75. The first kappa shape index (κ1) is 14.2. The van der Waals surface area contributed by atoms with Crippen LogP contribution in [0.3, 0.4) is 0 Å². The topological polar surface area (TPSA) is 94.3 Å². The van der Waals surface area contributed by atoms with Crippen molar-refractivity contribution >= 4 is 9.84 Å². The fourth-order valence-electron chi connectivity index (χ4n) is 2.07. The van der Waals surface area contributed by atoms with E-state index in [1.807, 2.05) is 0 Å². The first-order valence-corrected chi connectivity index (χ1v) is 8.38. The molecule has 0 radical (unpaired) electrons. The molecule has 1 aliphatic heterocycles. The van der Waals surface area contributed by atoms with Crippen LogP contribution in [0.4, 0.5) is 0 Å². The minimum absolute atomic E-state index is 0.0773. The summed E-state index contributed by atoms with van der Waals surface area (Å²) in [6.07, 6.45) is 1.17. The lowest BCUT2D eigenvalue weighted by atomic mass is 10.2. The molecule has 2 heterocycles. The minimum Gasteiger partial charge on any atom is -0.378 e. The average molecular weight is 309 g/mol. The van der Waals surface area contributed by atoms with Crippen LogP contribution in [-0.2, 0) is 14.6 Å². The summed E-state index contributed by atoms with van der Waals surface area (Å²) in [4.78, 5) is 4.58. The minimum atomic E-state index is -3.21. The van der Waals surface area contributed by atoms with Crippen molar-refractivity contribution in [3.05, 3.63) is 30.1 Å². The molecule has 1 fully saturated rings. The molecule has 1 unspecified atom stereocenters. The molecule has 0 bridgehead atoms. The Bertz CT molecular complexity index is 718. The predicted molar refractivity (Wildman–Crippen MR) is 74.4 cm³/mol. The highest BCUT2D eigenvalue weighted by atomic mass is 32.2. The number of benzene rings is 1. The van der Waals surface area contributed by atoms with E-state index in [2.05, 4.69) is 15.5 Å². The number of aromatic nitrogens is 2. The van der Waals surface area contributed by atoms with Gasteiger partial charge >= 0.3 is 0 Å². The van der Waals surface area contributed by atoms with Crippen molar-refractivity contribution in [3.63, 3.8) is 0 Å². The predicted octanol–water partition coefficient (Wildman–Crippen LogP) is 0.801. The van der Waals surface area contributed by atoms with E-state index in [0.29, 0.717) is 30.5 Å². The van der Waals surface area contributed by atoms with Gasteiger partial charge in [-0.05, 0) is 24.3 Å². The normalized spacial score (nSPS) is 19.6. The van der Waals surface area contributed by atoms with Crippen LogP contribution in [0.2, 0.25) is 0 Å². The van der Waals surface area contributed by atoms with Crippen LogP contribution in [0.15, 0.2) is 33.7 Å². The molecule has 1 aromatic carbocycles. The Labute approximate surface area is 122 Å². The second-order valence-corrected chi connectivity index (χ2v) is 6.85. The molecule has 1 atom stereocenters. The van der Waals surface area contributed by atoms with Crippen molar-refractivity contribution in [3.8, 4) is 11.5 Å². The van der Waals surface area contributed by atoms with Crippen molar-refractivity contribution < 1.29 is 17.7 Å². The molecular formula is C13H15N3O4S. The molecule has 1 N–H and O–H groups in total. The van der Waals surface area contributed by atoms with Gasteiger partial charge in [-0.2, -0.15) is 4.98 Å². The van der Waals surface area contributed by atoms with E-state index in [0.717, 1.165) is 6.54 Å². The van der Waals surface area contributed by atoms with Crippen LogP contribution < -0.4 is 5.32 Å². The van der Waals surface area contributed by atoms with E-state index >= 15 is 0 Å². The van der Waals surface area contributed by atoms with Gasteiger partial charge in [-0.3, -0.25) is 0 Å². The second kappa shape index (κ2) is 5.55. The maximum atomic E-state index is 11.4. The van der Waals surface area contributed by atoms with E-state index in [-0.39, 0.29) is 10.9 Å².